The molecule has 590 valence electrons. The van der Waals surface area contributed by atoms with Gasteiger partial charge in [-0.1, -0.05) is 268 Å². The number of unbranched alkanes of at least 4 members (excludes halogenated alkanes) is 18. The Balaban J connectivity index is 5.45. The molecule has 5 unspecified atom stereocenters. The first kappa shape index (κ1) is 98.4. The van der Waals surface area contributed by atoms with Crippen molar-refractivity contribution in [1.82, 2.24) is 0 Å². The molecule has 104 heavy (non-hydrogen) atoms. The molecule has 3 N–H and O–H groups in total. The minimum absolute atomic E-state index is 0.00655. The monoisotopic (exact) mass is 1490 g/mol. The van der Waals surface area contributed by atoms with Crippen LogP contribution < -0.4 is 0 Å². The molecule has 0 aromatic carbocycles. The predicted octanol–water partition coefficient (Wildman–Crippen LogP) is 23.0. The van der Waals surface area contributed by atoms with Crippen LogP contribution in [0.15, 0.2) is 170 Å². The molecule has 0 amide bonds. The molecule has 5 atom stereocenters. The molecular formula is C85H138O17P2. The van der Waals surface area contributed by atoms with E-state index in [1.807, 2.05) is 12.2 Å². The van der Waals surface area contributed by atoms with Gasteiger partial charge in [-0.3, -0.25) is 37.3 Å². The van der Waals surface area contributed by atoms with Crippen LogP contribution in [-0.4, -0.2) is 96.7 Å². The van der Waals surface area contributed by atoms with Gasteiger partial charge in [0.2, 0.25) is 0 Å². The molecule has 0 bridgehead atoms. The number of aliphatic hydroxyl groups is 1. The summed E-state index contributed by atoms with van der Waals surface area (Å²) in [4.78, 5) is 73.0. The highest BCUT2D eigenvalue weighted by Gasteiger charge is 2.30. The average molecular weight is 1490 g/mol. The maximum absolute atomic E-state index is 13.1. The second kappa shape index (κ2) is 75.6. The fraction of sp³-hybridized carbons (Fsp3) is 0.624. The van der Waals surface area contributed by atoms with Crippen molar-refractivity contribution in [3.05, 3.63) is 170 Å². The third-order valence-corrected chi connectivity index (χ3v) is 17.5. The highest BCUT2D eigenvalue weighted by Crippen LogP contribution is 2.45. The topological polar surface area (TPSA) is 237 Å². The zero-order valence-corrected chi connectivity index (χ0v) is 66.2. The Morgan fingerprint density at radius 1 is 0.279 bits per heavy atom. The van der Waals surface area contributed by atoms with Crippen LogP contribution >= 0.6 is 15.6 Å². The summed E-state index contributed by atoms with van der Waals surface area (Å²) in [5.41, 5.74) is 0. The summed E-state index contributed by atoms with van der Waals surface area (Å²) in [6.45, 7) is 4.34. The van der Waals surface area contributed by atoms with Crippen LogP contribution in [0.1, 0.15) is 285 Å². The van der Waals surface area contributed by atoms with Gasteiger partial charge in [0.15, 0.2) is 12.2 Å². The predicted molar refractivity (Wildman–Crippen MR) is 426 cm³/mol. The number of carbonyl (C=O) groups is 4. The summed E-state index contributed by atoms with van der Waals surface area (Å²) in [5, 5.41) is 10.6. The van der Waals surface area contributed by atoms with Crippen molar-refractivity contribution in [2.45, 2.75) is 303 Å². The van der Waals surface area contributed by atoms with E-state index in [0.717, 1.165) is 199 Å². The van der Waals surface area contributed by atoms with E-state index in [2.05, 4.69) is 186 Å². The van der Waals surface area contributed by atoms with Crippen molar-refractivity contribution in [2.75, 3.05) is 39.6 Å². The molecule has 0 aliphatic carbocycles. The molecule has 0 aromatic heterocycles. The number of ether oxygens (including phenoxy) is 4. The molecule has 0 aliphatic rings. The first-order valence-corrected chi connectivity index (χ1v) is 42.4. The molecule has 17 nitrogen and oxygen atoms in total. The van der Waals surface area contributed by atoms with Crippen LogP contribution in [0, 0.1) is 0 Å². The number of allylic oxidation sites excluding steroid dienone is 28. The van der Waals surface area contributed by atoms with Gasteiger partial charge < -0.3 is 33.8 Å². The van der Waals surface area contributed by atoms with Gasteiger partial charge in [0.05, 0.1) is 26.4 Å². The molecule has 0 fully saturated rings. The van der Waals surface area contributed by atoms with E-state index in [4.69, 9.17) is 37.0 Å². The smallest absolute Gasteiger partial charge is 0.462 e. The van der Waals surface area contributed by atoms with Crippen molar-refractivity contribution >= 4 is 39.5 Å². The van der Waals surface area contributed by atoms with E-state index in [1.54, 1.807) is 0 Å². The Labute approximate surface area is 629 Å². The van der Waals surface area contributed by atoms with Crippen LogP contribution in [0.4, 0.5) is 0 Å². The summed E-state index contributed by atoms with van der Waals surface area (Å²) in [6.07, 6.45) is 89.1. The third kappa shape index (κ3) is 74.7. The second-order valence-electron chi connectivity index (χ2n) is 25.5. The molecular weight excluding hydrogens is 1350 g/mol. The van der Waals surface area contributed by atoms with E-state index in [0.29, 0.717) is 32.1 Å². The molecule has 19 heteroatoms. The normalized spacial score (nSPS) is 14.8. The van der Waals surface area contributed by atoms with Gasteiger partial charge in [0.25, 0.3) is 0 Å². The number of hydrogen-bond acceptors (Lipinski definition) is 15. The van der Waals surface area contributed by atoms with Crippen molar-refractivity contribution in [1.29, 1.82) is 0 Å². The van der Waals surface area contributed by atoms with Crippen LogP contribution in [-0.2, 0) is 65.4 Å². The van der Waals surface area contributed by atoms with E-state index in [9.17, 15) is 43.2 Å². The minimum atomic E-state index is -5.01. The zero-order valence-electron chi connectivity index (χ0n) is 64.4. The van der Waals surface area contributed by atoms with Crippen LogP contribution in [0.3, 0.4) is 0 Å². The molecule has 0 spiro atoms. The van der Waals surface area contributed by atoms with Crippen molar-refractivity contribution < 1.29 is 80.2 Å². The van der Waals surface area contributed by atoms with E-state index >= 15 is 0 Å². The van der Waals surface area contributed by atoms with Crippen molar-refractivity contribution in [3.63, 3.8) is 0 Å². The first-order valence-electron chi connectivity index (χ1n) is 39.4. The fourth-order valence-electron chi connectivity index (χ4n) is 9.77. The second-order valence-corrected chi connectivity index (χ2v) is 28.4. The van der Waals surface area contributed by atoms with Gasteiger partial charge in [-0.25, -0.2) is 9.13 Å². The molecule has 0 heterocycles. The van der Waals surface area contributed by atoms with Gasteiger partial charge >= 0.3 is 39.5 Å². The van der Waals surface area contributed by atoms with Gasteiger partial charge in [-0.2, -0.15) is 0 Å². The van der Waals surface area contributed by atoms with Gasteiger partial charge in [0.1, 0.15) is 19.3 Å². The SMILES string of the molecule is CC/C=C\C/C=C\C/C=C\C/C=C\C/C=C\CCCC(=O)OC(COC(=O)CCCCCCCC/C=C\C/C=C\C/C=C\C/C=C\CC)COP(=O)(O)OCC(O)COP(=O)(O)OCC(COC(=O)CCCCCCC/C=C\C/C=C\C/C=C\CC)OC(=O)CCCCCCC/C=C\C/C=C\CCC. The number of esters is 4. The highest BCUT2D eigenvalue weighted by molar-refractivity contribution is 7.47. The van der Waals surface area contributed by atoms with E-state index in [-0.39, 0.29) is 25.7 Å². The molecule has 0 saturated carbocycles. The van der Waals surface area contributed by atoms with E-state index in [1.165, 1.54) is 0 Å². The lowest BCUT2D eigenvalue weighted by atomic mass is 10.1. The first-order chi connectivity index (χ1) is 50.7. The van der Waals surface area contributed by atoms with E-state index < -0.39 is 97.5 Å². The standard InChI is InChI=1S/C85H138O17P2/c1-5-9-13-17-21-25-29-33-36-38-39-41-43-47-50-54-58-62-66-70-83(88)96-76-81(102-85(90)72-68-64-60-56-52-48-44-40-37-34-30-26-22-18-14-10-6-2)78-100-104(93,94)98-74-79(86)73-97-103(91,92)99-77-80(101-84(89)71-67-63-59-55-51-45-32-28-24-20-16-12-8-4)75-95-82(87)69-65-61-57-53-49-46-42-35-31-27-23-19-15-11-7-3/h9-11,13-16,20-23,25-28,32-37,39,41-42,44,48,56,60,79-81,86H,5-8,12,17-19,24,29-31,38,40,43,45-47,49-55,57-59,61-78H2,1-4H3,(H,91,92)(H,93,94)/b13-9-,14-10-,15-11-,20-16-,25-21-,26-22-,27-23-,32-28-,36-33-,37-34-,41-39-,42-35-,48-44-,60-56-. The number of carbonyl (C=O) groups excluding carboxylic acids is 4. The Bertz CT molecular complexity index is 2640. The Kier molecular flexibility index (Phi) is 71.6. The maximum atomic E-state index is 13.1. The van der Waals surface area contributed by atoms with Gasteiger partial charge in [0, 0.05) is 25.7 Å². The zero-order chi connectivity index (χ0) is 76.0. The molecule has 0 saturated heterocycles. The van der Waals surface area contributed by atoms with Crippen LogP contribution in [0.25, 0.3) is 0 Å². The summed E-state index contributed by atoms with van der Waals surface area (Å²) in [7, 11) is -10.0. The maximum Gasteiger partial charge on any atom is 0.472 e. The Morgan fingerprint density at radius 3 is 0.808 bits per heavy atom. The fourth-order valence-corrected chi connectivity index (χ4v) is 11.3. The number of phosphoric acid groups is 2. The van der Waals surface area contributed by atoms with Crippen LogP contribution in [0.5, 0.6) is 0 Å². The number of phosphoric ester groups is 2. The molecule has 0 aromatic rings. The number of aliphatic hydroxyl groups excluding tert-OH is 1. The summed E-state index contributed by atoms with van der Waals surface area (Å²) < 4.78 is 68.5. The molecule has 0 aliphatic heterocycles. The Hall–Kier alpha value is -5.58. The average Bonchev–Trinajstić information content (AvgIpc) is 0.917. The lowest BCUT2D eigenvalue weighted by Crippen LogP contribution is -2.30. The van der Waals surface area contributed by atoms with Crippen LogP contribution in [0.2, 0.25) is 0 Å². The molecule has 0 radical (unpaired) electrons. The largest absolute Gasteiger partial charge is 0.472 e. The van der Waals surface area contributed by atoms with Crippen molar-refractivity contribution in [3.8, 4) is 0 Å². The third-order valence-electron chi connectivity index (χ3n) is 15.6. The summed E-state index contributed by atoms with van der Waals surface area (Å²) in [5.74, 6) is -2.31. The minimum Gasteiger partial charge on any atom is -0.462 e. The highest BCUT2D eigenvalue weighted by atomic mass is 31.2. The summed E-state index contributed by atoms with van der Waals surface area (Å²) in [6, 6.07) is 0. The quantitative estimate of drug-likeness (QED) is 0.0169. The van der Waals surface area contributed by atoms with Crippen molar-refractivity contribution in [2.24, 2.45) is 0 Å². The lowest BCUT2D eigenvalue weighted by molar-refractivity contribution is -0.161. The lowest BCUT2D eigenvalue weighted by Gasteiger charge is -2.21. The molecule has 0 rings (SSSR count). The summed E-state index contributed by atoms with van der Waals surface area (Å²) >= 11 is 0. The van der Waals surface area contributed by atoms with Gasteiger partial charge in [-0.15, -0.1) is 0 Å². The van der Waals surface area contributed by atoms with Gasteiger partial charge in [-0.05, 0) is 161 Å². The Morgan fingerprint density at radius 2 is 0.510 bits per heavy atom. The number of rotatable bonds is 72. The number of hydrogen-bond donors (Lipinski definition) is 3.